The molecule has 0 aromatic heterocycles. The van der Waals surface area contributed by atoms with Crippen LogP contribution >= 0.6 is 11.6 Å². The van der Waals surface area contributed by atoms with Gasteiger partial charge in [-0.05, 0) is 46.9 Å². The van der Waals surface area contributed by atoms with Crippen molar-refractivity contribution in [3.63, 3.8) is 0 Å². The third-order valence-corrected chi connectivity index (χ3v) is 5.66. The minimum atomic E-state index is -0.431. The minimum Gasteiger partial charge on any atom is -0.493 e. The van der Waals surface area contributed by atoms with Gasteiger partial charge in [-0.2, -0.15) is 5.26 Å². The second-order valence-corrected chi connectivity index (χ2v) is 7.54. The van der Waals surface area contributed by atoms with Crippen LogP contribution in [-0.4, -0.2) is 14.2 Å². The summed E-state index contributed by atoms with van der Waals surface area (Å²) < 4.78 is 17.9. The molecule has 0 spiro atoms. The molecule has 0 aliphatic carbocycles. The van der Waals surface area contributed by atoms with Crippen LogP contribution in [0.25, 0.3) is 11.1 Å². The monoisotopic (exact) mass is 419 g/mol. The first kappa shape index (κ1) is 20.3. The summed E-state index contributed by atoms with van der Waals surface area (Å²) in [4.78, 5) is 0. The molecule has 2 atom stereocenters. The Morgan fingerprint density at radius 2 is 1.70 bits per heavy atom. The fourth-order valence-electron chi connectivity index (χ4n) is 4.11. The first-order valence-electron chi connectivity index (χ1n) is 9.80. The van der Waals surface area contributed by atoms with E-state index in [0.717, 1.165) is 27.8 Å². The molecule has 1 aliphatic rings. The highest BCUT2D eigenvalue weighted by Crippen LogP contribution is 2.49. The van der Waals surface area contributed by atoms with Gasteiger partial charge in [0, 0.05) is 17.0 Å². The fraction of sp³-hybridized carbons (Fsp3) is 0.240. The van der Waals surface area contributed by atoms with Crippen molar-refractivity contribution < 1.29 is 14.2 Å². The SMILES string of the molecule is COc1cccc(C2OC(CCC#N)c3ccccc3-c3ccc(Cl)cc32)c1OC. The molecule has 0 saturated carbocycles. The number of hydrogen-bond donors (Lipinski definition) is 0. The standard InChI is InChI=1S/C25H22ClNO3/c1-28-23-10-5-9-20(25(23)29-2)24-21-15-16(26)12-13-18(21)17-7-3-4-8-19(17)22(30-24)11-6-14-27/h3-5,7-10,12-13,15,22,24H,6,11H2,1-2H3. The molecule has 30 heavy (non-hydrogen) atoms. The Balaban J connectivity index is 1.96. The Morgan fingerprint density at radius 1 is 0.933 bits per heavy atom. The maximum atomic E-state index is 9.20. The molecule has 3 aromatic carbocycles. The first-order valence-corrected chi connectivity index (χ1v) is 10.2. The van der Waals surface area contributed by atoms with Gasteiger partial charge in [0.2, 0.25) is 0 Å². The van der Waals surface area contributed by atoms with Crippen molar-refractivity contribution >= 4 is 11.6 Å². The summed E-state index contributed by atoms with van der Waals surface area (Å²) in [7, 11) is 3.24. The molecule has 1 heterocycles. The van der Waals surface area contributed by atoms with Gasteiger partial charge in [-0.15, -0.1) is 0 Å². The molecule has 1 aliphatic heterocycles. The number of benzene rings is 3. The largest absolute Gasteiger partial charge is 0.493 e. The van der Waals surface area contributed by atoms with Gasteiger partial charge in [-0.1, -0.05) is 54.1 Å². The van der Waals surface area contributed by atoms with Gasteiger partial charge in [0.25, 0.3) is 0 Å². The zero-order chi connectivity index (χ0) is 21.1. The van der Waals surface area contributed by atoms with E-state index in [0.29, 0.717) is 29.4 Å². The molecular formula is C25H22ClNO3. The summed E-state index contributed by atoms with van der Waals surface area (Å²) in [6.45, 7) is 0. The van der Waals surface area contributed by atoms with Gasteiger partial charge in [-0.3, -0.25) is 0 Å². The van der Waals surface area contributed by atoms with Gasteiger partial charge in [0.05, 0.1) is 26.4 Å². The third-order valence-electron chi connectivity index (χ3n) is 5.43. The molecule has 0 radical (unpaired) electrons. The summed E-state index contributed by atoms with van der Waals surface area (Å²) >= 11 is 6.41. The van der Waals surface area contributed by atoms with Crippen LogP contribution in [-0.2, 0) is 4.74 Å². The Labute approximate surface area is 181 Å². The van der Waals surface area contributed by atoms with Gasteiger partial charge < -0.3 is 14.2 Å². The lowest BCUT2D eigenvalue weighted by atomic mass is 9.90. The average molecular weight is 420 g/mol. The molecule has 4 rings (SSSR count). The van der Waals surface area contributed by atoms with E-state index in [9.17, 15) is 5.26 Å². The van der Waals surface area contributed by atoms with Gasteiger partial charge in [0.15, 0.2) is 11.5 Å². The highest BCUT2D eigenvalue weighted by Gasteiger charge is 2.32. The topological polar surface area (TPSA) is 51.5 Å². The van der Waals surface area contributed by atoms with E-state index in [4.69, 9.17) is 25.8 Å². The number of ether oxygens (including phenoxy) is 3. The lowest BCUT2D eigenvalue weighted by molar-refractivity contribution is 0.00383. The second-order valence-electron chi connectivity index (χ2n) is 7.10. The highest BCUT2D eigenvalue weighted by molar-refractivity contribution is 6.30. The maximum absolute atomic E-state index is 9.20. The van der Waals surface area contributed by atoms with Crippen LogP contribution in [0.2, 0.25) is 5.02 Å². The molecule has 0 N–H and O–H groups in total. The van der Waals surface area contributed by atoms with E-state index in [-0.39, 0.29) is 6.10 Å². The first-order chi connectivity index (χ1) is 14.7. The van der Waals surface area contributed by atoms with E-state index in [2.05, 4.69) is 18.2 Å². The number of nitriles is 1. The van der Waals surface area contributed by atoms with Gasteiger partial charge >= 0.3 is 0 Å². The quantitative estimate of drug-likeness (QED) is 0.474. The number of fused-ring (bicyclic) bond motifs is 3. The second kappa shape index (κ2) is 8.79. The van der Waals surface area contributed by atoms with Crippen LogP contribution < -0.4 is 9.47 Å². The summed E-state index contributed by atoms with van der Waals surface area (Å²) in [5.41, 5.74) is 5.04. The van der Waals surface area contributed by atoms with Crippen molar-refractivity contribution in [2.75, 3.05) is 14.2 Å². The number of hydrogen-bond acceptors (Lipinski definition) is 4. The molecule has 4 nitrogen and oxygen atoms in total. The van der Waals surface area contributed by atoms with Crippen LogP contribution in [0.1, 0.15) is 41.7 Å². The number of nitrogens with zero attached hydrogens (tertiary/aromatic N) is 1. The van der Waals surface area contributed by atoms with Crippen LogP contribution in [0.15, 0.2) is 60.7 Å². The molecule has 152 valence electrons. The van der Waals surface area contributed by atoms with Crippen LogP contribution in [0.5, 0.6) is 11.5 Å². The van der Waals surface area contributed by atoms with E-state index in [1.165, 1.54) is 0 Å². The number of methoxy groups -OCH3 is 2. The summed E-state index contributed by atoms with van der Waals surface area (Å²) in [6, 6.07) is 22.1. The molecule has 3 aromatic rings. The minimum absolute atomic E-state index is 0.243. The predicted molar refractivity (Wildman–Crippen MR) is 117 cm³/mol. The van der Waals surface area contributed by atoms with E-state index in [1.807, 2.05) is 48.5 Å². The Morgan fingerprint density at radius 3 is 2.47 bits per heavy atom. The number of halogens is 1. The zero-order valence-corrected chi connectivity index (χ0v) is 17.6. The molecule has 0 saturated heterocycles. The lowest BCUT2D eigenvalue weighted by Gasteiger charge is -2.25. The summed E-state index contributed by atoms with van der Waals surface area (Å²) in [5, 5.41) is 9.84. The molecular weight excluding hydrogens is 398 g/mol. The van der Waals surface area contributed by atoms with E-state index in [1.54, 1.807) is 14.2 Å². The Hall–Kier alpha value is -3.00. The normalized spacial score (nSPS) is 17.3. The lowest BCUT2D eigenvalue weighted by Crippen LogP contribution is -2.12. The van der Waals surface area contributed by atoms with Crippen molar-refractivity contribution in [3.8, 4) is 28.7 Å². The Bertz CT molecular complexity index is 1110. The van der Waals surface area contributed by atoms with Crippen molar-refractivity contribution in [2.24, 2.45) is 0 Å². The molecule has 5 heteroatoms. The zero-order valence-electron chi connectivity index (χ0n) is 16.9. The predicted octanol–water partition coefficient (Wildman–Crippen LogP) is 6.49. The van der Waals surface area contributed by atoms with Gasteiger partial charge in [0.1, 0.15) is 6.10 Å². The van der Waals surface area contributed by atoms with Crippen LogP contribution in [0, 0.1) is 11.3 Å². The van der Waals surface area contributed by atoms with Crippen molar-refractivity contribution in [2.45, 2.75) is 25.0 Å². The van der Waals surface area contributed by atoms with Crippen molar-refractivity contribution in [1.29, 1.82) is 5.26 Å². The van der Waals surface area contributed by atoms with Crippen molar-refractivity contribution in [1.82, 2.24) is 0 Å². The smallest absolute Gasteiger partial charge is 0.166 e. The summed E-state index contributed by atoms with van der Waals surface area (Å²) in [5.74, 6) is 1.26. The Kier molecular flexibility index (Phi) is 5.94. The number of para-hydroxylation sites is 1. The molecule has 2 unspecified atom stereocenters. The fourth-order valence-corrected chi connectivity index (χ4v) is 4.29. The molecule has 0 amide bonds. The molecule has 0 bridgehead atoms. The maximum Gasteiger partial charge on any atom is 0.166 e. The average Bonchev–Trinajstić information content (AvgIpc) is 2.91. The van der Waals surface area contributed by atoms with Gasteiger partial charge in [-0.25, -0.2) is 0 Å². The number of rotatable bonds is 5. The summed E-state index contributed by atoms with van der Waals surface area (Å²) in [6.07, 6.45) is 0.323. The van der Waals surface area contributed by atoms with Crippen molar-refractivity contribution in [3.05, 3.63) is 82.4 Å². The third kappa shape index (κ3) is 3.63. The van der Waals surface area contributed by atoms with E-state index < -0.39 is 6.10 Å². The van der Waals surface area contributed by atoms with Crippen LogP contribution in [0.4, 0.5) is 0 Å². The molecule has 0 fully saturated rings. The van der Waals surface area contributed by atoms with E-state index >= 15 is 0 Å². The van der Waals surface area contributed by atoms with Crippen LogP contribution in [0.3, 0.4) is 0 Å². The highest BCUT2D eigenvalue weighted by atomic mass is 35.5.